The zero-order chi connectivity index (χ0) is 19.8. The highest BCUT2D eigenvalue weighted by Crippen LogP contribution is 2.30. The van der Waals surface area contributed by atoms with E-state index in [4.69, 9.17) is 16.3 Å². The Bertz CT molecular complexity index is 897. The number of carbonyl (C=O) groups is 2. The molecule has 2 aromatic heterocycles. The Balaban J connectivity index is 1.44. The van der Waals surface area contributed by atoms with E-state index in [0.29, 0.717) is 22.3 Å². The molecule has 0 unspecified atom stereocenters. The van der Waals surface area contributed by atoms with Crippen LogP contribution >= 0.6 is 34.3 Å². The number of thiophene rings is 2. The maximum absolute atomic E-state index is 13.1. The fourth-order valence-corrected chi connectivity index (χ4v) is 5.91. The van der Waals surface area contributed by atoms with Crippen LogP contribution in [0.4, 0.5) is 0 Å². The number of hydrogen-bond donors (Lipinski definition) is 1. The van der Waals surface area contributed by atoms with E-state index in [2.05, 4.69) is 17.3 Å². The fraction of sp³-hybridized carbons (Fsp3) is 0.474. The standard InChI is InChI=1S/C19H22ClN3O3S2/c1-22-6-5-11-7-15(27-16(11)10-22)19(25)23-8-12(13(9-23)26-2)21-18(24)14-3-4-17(20)28-14/h3-4,7,12-13H,5-6,8-10H2,1-2H3,(H,21,24)/t12-,13-/m0/s1. The van der Waals surface area contributed by atoms with Gasteiger partial charge in [-0.3, -0.25) is 9.59 Å². The van der Waals surface area contributed by atoms with Crippen molar-refractivity contribution in [1.82, 2.24) is 15.1 Å². The van der Waals surface area contributed by atoms with Crippen molar-refractivity contribution in [2.75, 3.05) is 33.8 Å². The first-order valence-electron chi connectivity index (χ1n) is 9.13. The number of methoxy groups -OCH3 is 1. The van der Waals surface area contributed by atoms with E-state index in [-0.39, 0.29) is 24.0 Å². The number of ether oxygens (including phenoxy) is 1. The molecule has 4 heterocycles. The van der Waals surface area contributed by atoms with Gasteiger partial charge in [0.25, 0.3) is 11.8 Å². The molecule has 150 valence electrons. The Kier molecular flexibility index (Phi) is 5.76. The van der Waals surface area contributed by atoms with Crippen LogP contribution in [0.25, 0.3) is 0 Å². The average Bonchev–Trinajstić information content (AvgIpc) is 3.38. The van der Waals surface area contributed by atoms with Gasteiger partial charge in [0.05, 0.1) is 26.2 Å². The van der Waals surface area contributed by atoms with Crippen LogP contribution in [-0.4, -0.2) is 67.6 Å². The Hall–Kier alpha value is -1.45. The molecule has 1 saturated heterocycles. The minimum Gasteiger partial charge on any atom is -0.377 e. The second-order valence-electron chi connectivity index (χ2n) is 7.21. The molecule has 0 aromatic carbocycles. The third-order valence-corrected chi connectivity index (χ3v) is 7.63. The second-order valence-corrected chi connectivity index (χ2v) is 10.1. The van der Waals surface area contributed by atoms with Crippen LogP contribution < -0.4 is 5.32 Å². The first kappa shape index (κ1) is 19.8. The minimum atomic E-state index is -0.247. The lowest BCUT2D eigenvalue weighted by Gasteiger charge is -2.21. The van der Waals surface area contributed by atoms with Gasteiger partial charge in [0.2, 0.25) is 0 Å². The van der Waals surface area contributed by atoms with Crippen molar-refractivity contribution in [2.24, 2.45) is 0 Å². The maximum Gasteiger partial charge on any atom is 0.264 e. The van der Waals surface area contributed by atoms with E-state index in [0.717, 1.165) is 24.4 Å². The number of nitrogens with one attached hydrogen (secondary N) is 1. The fourth-order valence-electron chi connectivity index (χ4n) is 3.70. The number of likely N-dealkylation sites (N-methyl/N-ethyl adjacent to an activating group) is 1. The summed E-state index contributed by atoms with van der Waals surface area (Å²) in [6, 6.07) is 5.20. The summed E-state index contributed by atoms with van der Waals surface area (Å²) in [6.45, 7) is 2.82. The summed E-state index contributed by atoms with van der Waals surface area (Å²) < 4.78 is 6.12. The van der Waals surface area contributed by atoms with Crippen LogP contribution in [-0.2, 0) is 17.7 Å². The number of carbonyl (C=O) groups excluding carboxylic acids is 2. The maximum atomic E-state index is 13.1. The summed E-state index contributed by atoms with van der Waals surface area (Å²) in [5.74, 6) is -0.173. The summed E-state index contributed by atoms with van der Waals surface area (Å²) >= 11 is 8.74. The van der Waals surface area contributed by atoms with E-state index in [1.165, 1.54) is 21.8 Å². The molecule has 4 rings (SSSR count). The molecular weight excluding hydrogens is 418 g/mol. The molecule has 2 atom stereocenters. The molecule has 6 nitrogen and oxygen atoms in total. The van der Waals surface area contributed by atoms with E-state index >= 15 is 0 Å². The lowest BCUT2D eigenvalue weighted by atomic mass is 10.1. The normalized spacial score (nSPS) is 22.3. The Labute approximate surface area is 177 Å². The quantitative estimate of drug-likeness (QED) is 0.795. The van der Waals surface area contributed by atoms with Gasteiger partial charge in [0, 0.05) is 38.2 Å². The van der Waals surface area contributed by atoms with Crippen LogP contribution in [0.3, 0.4) is 0 Å². The van der Waals surface area contributed by atoms with Crippen LogP contribution in [0.5, 0.6) is 0 Å². The van der Waals surface area contributed by atoms with Gasteiger partial charge in [-0.1, -0.05) is 11.6 Å². The summed E-state index contributed by atoms with van der Waals surface area (Å²) in [7, 11) is 3.71. The molecule has 2 aliphatic rings. The van der Waals surface area contributed by atoms with Crippen molar-refractivity contribution in [3.63, 3.8) is 0 Å². The minimum absolute atomic E-state index is 0.0139. The largest absolute Gasteiger partial charge is 0.377 e. The third kappa shape index (κ3) is 3.97. The van der Waals surface area contributed by atoms with E-state index in [9.17, 15) is 9.59 Å². The molecule has 0 aliphatic carbocycles. The molecule has 28 heavy (non-hydrogen) atoms. The summed E-state index contributed by atoms with van der Waals surface area (Å²) in [5, 5.41) is 2.99. The number of halogens is 1. The molecule has 9 heteroatoms. The van der Waals surface area contributed by atoms with E-state index in [1.54, 1.807) is 35.5 Å². The Morgan fingerprint density at radius 1 is 1.25 bits per heavy atom. The van der Waals surface area contributed by atoms with Crippen molar-refractivity contribution in [3.8, 4) is 0 Å². The topological polar surface area (TPSA) is 61.9 Å². The number of rotatable bonds is 4. The van der Waals surface area contributed by atoms with Crippen LogP contribution in [0.2, 0.25) is 4.34 Å². The molecule has 0 bridgehead atoms. The number of hydrogen-bond acceptors (Lipinski definition) is 6. The molecule has 0 radical (unpaired) electrons. The Morgan fingerprint density at radius 2 is 2.07 bits per heavy atom. The van der Waals surface area contributed by atoms with E-state index < -0.39 is 0 Å². The highest BCUT2D eigenvalue weighted by atomic mass is 35.5. The first-order chi connectivity index (χ1) is 13.4. The van der Waals surface area contributed by atoms with Gasteiger partial charge in [-0.15, -0.1) is 22.7 Å². The van der Waals surface area contributed by atoms with Crippen LogP contribution in [0, 0.1) is 0 Å². The van der Waals surface area contributed by atoms with Gasteiger partial charge in [-0.2, -0.15) is 0 Å². The molecule has 0 spiro atoms. The third-order valence-electron chi connectivity index (χ3n) is 5.25. The predicted octanol–water partition coefficient (Wildman–Crippen LogP) is 2.72. The van der Waals surface area contributed by atoms with Gasteiger partial charge in [0.15, 0.2) is 0 Å². The molecular formula is C19H22ClN3O3S2. The van der Waals surface area contributed by atoms with Crippen LogP contribution in [0.15, 0.2) is 18.2 Å². The predicted molar refractivity (Wildman–Crippen MR) is 112 cm³/mol. The van der Waals surface area contributed by atoms with Gasteiger partial charge < -0.3 is 19.9 Å². The van der Waals surface area contributed by atoms with Crippen molar-refractivity contribution in [3.05, 3.63) is 42.7 Å². The van der Waals surface area contributed by atoms with Crippen LogP contribution in [0.1, 0.15) is 29.8 Å². The van der Waals surface area contributed by atoms with Gasteiger partial charge in [0.1, 0.15) is 0 Å². The first-order valence-corrected chi connectivity index (χ1v) is 11.1. The second kappa shape index (κ2) is 8.12. The molecule has 1 fully saturated rings. The van der Waals surface area contributed by atoms with Gasteiger partial charge in [-0.05, 0) is 37.2 Å². The van der Waals surface area contributed by atoms with Gasteiger partial charge in [-0.25, -0.2) is 0 Å². The van der Waals surface area contributed by atoms with Crippen molar-refractivity contribution in [2.45, 2.75) is 25.1 Å². The smallest absolute Gasteiger partial charge is 0.264 e. The molecule has 1 N–H and O–H groups in total. The Morgan fingerprint density at radius 3 is 2.79 bits per heavy atom. The lowest BCUT2D eigenvalue weighted by molar-refractivity contribution is 0.0695. The lowest BCUT2D eigenvalue weighted by Crippen LogP contribution is -2.43. The van der Waals surface area contributed by atoms with Crippen molar-refractivity contribution < 1.29 is 14.3 Å². The average molecular weight is 440 g/mol. The SMILES string of the molecule is CO[C@H]1CN(C(=O)c2cc3c(s2)CN(C)CC3)C[C@@H]1NC(=O)c1ccc(Cl)s1. The van der Waals surface area contributed by atoms with Gasteiger partial charge >= 0.3 is 0 Å². The highest BCUT2D eigenvalue weighted by molar-refractivity contribution is 7.18. The van der Waals surface area contributed by atoms with E-state index in [1.807, 2.05) is 6.07 Å². The summed E-state index contributed by atoms with van der Waals surface area (Å²) in [6.07, 6.45) is 0.752. The van der Waals surface area contributed by atoms with Crippen molar-refractivity contribution in [1.29, 1.82) is 0 Å². The number of fused-ring (bicyclic) bond motifs is 1. The summed E-state index contributed by atoms with van der Waals surface area (Å²) in [5.41, 5.74) is 1.29. The zero-order valence-corrected chi connectivity index (χ0v) is 18.1. The molecule has 2 aromatic rings. The molecule has 2 aliphatic heterocycles. The number of nitrogens with zero attached hydrogens (tertiary/aromatic N) is 2. The number of amides is 2. The zero-order valence-electron chi connectivity index (χ0n) is 15.7. The monoisotopic (exact) mass is 439 g/mol. The summed E-state index contributed by atoms with van der Waals surface area (Å²) in [4.78, 5) is 32.2. The molecule has 2 amide bonds. The number of likely N-dealkylation sites (tertiary alicyclic amines) is 1. The molecule has 0 saturated carbocycles. The van der Waals surface area contributed by atoms with Crippen molar-refractivity contribution >= 4 is 46.1 Å². The highest BCUT2D eigenvalue weighted by Gasteiger charge is 2.37.